The molecule has 0 aliphatic carbocycles. The lowest BCUT2D eigenvalue weighted by atomic mass is 9.97. The van der Waals surface area contributed by atoms with Crippen molar-refractivity contribution in [3.8, 4) is 0 Å². The van der Waals surface area contributed by atoms with Gasteiger partial charge in [0, 0.05) is 19.6 Å². The van der Waals surface area contributed by atoms with Crippen molar-refractivity contribution >= 4 is 11.8 Å². The number of nitrogens with one attached hydrogen (secondary N) is 3. The van der Waals surface area contributed by atoms with E-state index in [1.165, 1.54) is 0 Å². The van der Waals surface area contributed by atoms with Gasteiger partial charge in [-0.3, -0.25) is 9.59 Å². The molecule has 0 radical (unpaired) electrons. The highest BCUT2D eigenvalue weighted by Crippen LogP contribution is 2.10. The van der Waals surface area contributed by atoms with Gasteiger partial charge in [0.2, 0.25) is 11.8 Å². The lowest BCUT2D eigenvalue weighted by Gasteiger charge is -2.21. The van der Waals surface area contributed by atoms with Gasteiger partial charge in [0.15, 0.2) is 0 Å². The maximum Gasteiger partial charge on any atom is 0.239 e. The fourth-order valence-electron chi connectivity index (χ4n) is 1.75. The number of carbonyl (C=O) groups excluding carboxylic acids is 2. The second kappa shape index (κ2) is 8.03. The first-order chi connectivity index (χ1) is 8.24. The molecule has 1 aliphatic rings. The average Bonchev–Trinajstić information content (AvgIpc) is 2.37. The normalized spacial score (nSPS) is 16.5. The Hall–Kier alpha value is -1.14. The molecule has 0 aromatic heterocycles. The molecule has 2 amide bonds. The number of methoxy groups -OCH3 is 1. The molecule has 0 saturated carbocycles. The van der Waals surface area contributed by atoms with E-state index >= 15 is 0 Å². The van der Waals surface area contributed by atoms with Crippen LogP contribution in [0.25, 0.3) is 0 Å². The van der Waals surface area contributed by atoms with Crippen molar-refractivity contribution in [3.05, 3.63) is 0 Å². The standard InChI is InChI=1S/C11H21N3O3/c1-17-7-6-13-10(15)8-14-11(16)9-2-4-12-5-3-9/h9,12H,2-8H2,1H3,(H,13,15)(H,14,16). The smallest absolute Gasteiger partial charge is 0.239 e. The zero-order chi connectivity index (χ0) is 12.5. The Morgan fingerprint density at radius 1 is 1.29 bits per heavy atom. The Bertz CT molecular complexity index is 252. The van der Waals surface area contributed by atoms with E-state index in [0.717, 1.165) is 25.9 Å². The molecule has 1 fully saturated rings. The van der Waals surface area contributed by atoms with Crippen LogP contribution in [-0.4, -0.2) is 51.7 Å². The molecule has 1 saturated heterocycles. The monoisotopic (exact) mass is 243 g/mol. The molecule has 6 nitrogen and oxygen atoms in total. The summed E-state index contributed by atoms with van der Waals surface area (Å²) in [5.41, 5.74) is 0. The Morgan fingerprint density at radius 2 is 2.00 bits per heavy atom. The fourth-order valence-corrected chi connectivity index (χ4v) is 1.75. The van der Waals surface area contributed by atoms with Gasteiger partial charge >= 0.3 is 0 Å². The van der Waals surface area contributed by atoms with Crippen LogP contribution < -0.4 is 16.0 Å². The molecule has 1 aliphatic heterocycles. The summed E-state index contributed by atoms with van der Waals surface area (Å²) in [6.45, 7) is 2.75. The van der Waals surface area contributed by atoms with Gasteiger partial charge in [0.25, 0.3) is 0 Å². The van der Waals surface area contributed by atoms with Gasteiger partial charge in [-0.1, -0.05) is 0 Å². The number of rotatable bonds is 6. The third kappa shape index (κ3) is 5.65. The highest BCUT2D eigenvalue weighted by molar-refractivity contribution is 5.85. The second-order valence-corrected chi connectivity index (χ2v) is 4.08. The Labute approximate surface area is 101 Å². The summed E-state index contributed by atoms with van der Waals surface area (Å²) >= 11 is 0. The summed E-state index contributed by atoms with van der Waals surface area (Å²) in [5, 5.41) is 8.51. The molecule has 1 heterocycles. The van der Waals surface area contributed by atoms with Crippen LogP contribution in [0.1, 0.15) is 12.8 Å². The third-order valence-corrected chi connectivity index (χ3v) is 2.76. The molecule has 17 heavy (non-hydrogen) atoms. The number of piperidine rings is 1. The molecule has 0 spiro atoms. The van der Waals surface area contributed by atoms with E-state index in [2.05, 4.69) is 16.0 Å². The van der Waals surface area contributed by atoms with E-state index in [1.807, 2.05) is 0 Å². The predicted molar refractivity (Wildman–Crippen MR) is 63.5 cm³/mol. The summed E-state index contributed by atoms with van der Waals surface area (Å²) in [7, 11) is 1.57. The lowest BCUT2D eigenvalue weighted by Crippen LogP contribution is -2.43. The molecule has 0 aromatic carbocycles. The number of carbonyl (C=O) groups is 2. The number of hydrogen-bond acceptors (Lipinski definition) is 4. The van der Waals surface area contributed by atoms with Gasteiger partial charge in [-0.05, 0) is 25.9 Å². The van der Waals surface area contributed by atoms with Gasteiger partial charge in [0.05, 0.1) is 13.2 Å². The molecule has 0 aromatic rings. The van der Waals surface area contributed by atoms with E-state index in [1.54, 1.807) is 7.11 Å². The molecule has 0 atom stereocenters. The summed E-state index contributed by atoms with van der Waals surface area (Å²) in [6.07, 6.45) is 1.69. The van der Waals surface area contributed by atoms with Gasteiger partial charge in [-0.2, -0.15) is 0 Å². The van der Waals surface area contributed by atoms with Gasteiger partial charge in [-0.25, -0.2) is 0 Å². The minimum absolute atomic E-state index is 0.0200. The van der Waals surface area contributed by atoms with E-state index in [0.29, 0.717) is 13.2 Å². The van der Waals surface area contributed by atoms with Gasteiger partial charge in [-0.15, -0.1) is 0 Å². The molecule has 3 N–H and O–H groups in total. The van der Waals surface area contributed by atoms with Crippen LogP contribution in [0.3, 0.4) is 0 Å². The Balaban J connectivity index is 2.11. The van der Waals surface area contributed by atoms with Crippen LogP contribution in [0.2, 0.25) is 0 Å². The number of ether oxygens (including phenoxy) is 1. The van der Waals surface area contributed by atoms with Crippen LogP contribution in [0.15, 0.2) is 0 Å². The topological polar surface area (TPSA) is 79.5 Å². The highest BCUT2D eigenvalue weighted by atomic mass is 16.5. The molecule has 0 unspecified atom stereocenters. The van der Waals surface area contributed by atoms with Crippen molar-refractivity contribution in [1.82, 2.24) is 16.0 Å². The SMILES string of the molecule is COCCNC(=O)CNC(=O)C1CCNCC1. The van der Waals surface area contributed by atoms with E-state index < -0.39 is 0 Å². The van der Waals surface area contributed by atoms with Crippen molar-refractivity contribution in [3.63, 3.8) is 0 Å². The first kappa shape index (κ1) is 13.9. The Morgan fingerprint density at radius 3 is 2.65 bits per heavy atom. The van der Waals surface area contributed by atoms with Crippen LogP contribution in [0, 0.1) is 5.92 Å². The third-order valence-electron chi connectivity index (χ3n) is 2.76. The van der Waals surface area contributed by atoms with Crippen molar-refractivity contribution in [2.24, 2.45) is 5.92 Å². The molecular weight excluding hydrogens is 222 g/mol. The minimum atomic E-state index is -0.177. The minimum Gasteiger partial charge on any atom is -0.383 e. The van der Waals surface area contributed by atoms with Crippen molar-refractivity contribution in [2.45, 2.75) is 12.8 Å². The highest BCUT2D eigenvalue weighted by Gasteiger charge is 2.20. The fraction of sp³-hybridized carbons (Fsp3) is 0.818. The predicted octanol–water partition coefficient (Wildman–Crippen LogP) is -1.14. The maximum absolute atomic E-state index is 11.7. The van der Waals surface area contributed by atoms with E-state index in [4.69, 9.17) is 4.74 Å². The summed E-state index contributed by atoms with van der Waals surface area (Å²) in [5.74, 6) is -0.152. The zero-order valence-electron chi connectivity index (χ0n) is 10.3. The molecule has 6 heteroatoms. The van der Waals surface area contributed by atoms with Crippen molar-refractivity contribution in [1.29, 1.82) is 0 Å². The van der Waals surface area contributed by atoms with E-state index in [9.17, 15) is 9.59 Å². The van der Waals surface area contributed by atoms with Crippen LogP contribution in [-0.2, 0) is 14.3 Å². The van der Waals surface area contributed by atoms with Crippen molar-refractivity contribution in [2.75, 3.05) is 39.9 Å². The number of amides is 2. The van der Waals surface area contributed by atoms with Crippen LogP contribution in [0.5, 0.6) is 0 Å². The maximum atomic E-state index is 11.7. The summed E-state index contributed by atoms with van der Waals surface area (Å²) in [4.78, 5) is 23.0. The first-order valence-electron chi connectivity index (χ1n) is 5.98. The van der Waals surface area contributed by atoms with E-state index in [-0.39, 0.29) is 24.3 Å². The summed E-state index contributed by atoms with van der Waals surface area (Å²) < 4.78 is 4.80. The first-order valence-corrected chi connectivity index (χ1v) is 5.98. The van der Waals surface area contributed by atoms with Crippen LogP contribution >= 0.6 is 0 Å². The van der Waals surface area contributed by atoms with Crippen molar-refractivity contribution < 1.29 is 14.3 Å². The second-order valence-electron chi connectivity index (χ2n) is 4.08. The number of hydrogen-bond donors (Lipinski definition) is 3. The largest absolute Gasteiger partial charge is 0.383 e. The molecule has 98 valence electrons. The van der Waals surface area contributed by atoms with Gasteiger partial charge < -0.3 is 20.7 Å². The van der Waals surface area contributed by atoms with Crippen LogP contribution in [0.4, 0.5) is 0 Å². The summed E-state index contributed by atoms with van der Waals surface area (Å²) in [6, 6.07) is 0. The molecule has 1 rings (SSSR count). The molecule has 0 bridgehead atoms. The Kier molecular flexibility index (Phi) is 6.57. The quantitative estimate of drug-likeness (QED) is 0.516. The lowest BCUT2D eigenvalue weighted by molar-refractivity contribution is -0.129. The average molecular weight is 243 g/mol. The zero-order valence-corrected chi connectivity index (χ0v) is 10.3. The van der Waals surface area contributed by atoms with Gasteiger partial charge in [0.1, 0.15) is 0 Å². The molecular formula is C11H21N3O3.